The SMILES string of the molecule is COc1ccc(S(=O)(=O)NCc2ccc(-c3nc4ccccc4s3)o2)cc1. The van der Waals surface area contributed by atoms with Crippen LogP contribution in [0.15, 0.2) is 70.0 Å². The van der Waals surface area contributed by atoms with Gasteiger partial charge in [-0.1, -0.05) is 12.1 Å². The molecular weight excluding hydrogens is 384 g/mol. The van der Waals surface area contributed by atoms with E-state index in [4.69, 9.17) is 9.15 Å². The molecule has 6 nitrogen and oxygen atoms in total. The van der Waals surface area contributed by atoms with E-state index in [1.54, 1.807) is 24.3 Å². The first-order valence-electron chi connectivity index (χ1n) is 8.13. The van der Waals surface area contributed by atoms with Crippen molar-refractivity contribution in [2.75, 3.05) is 7.11 Å². The van der Waals surface area contributed by atoms with Gasteiger partial charge in [-0.15, -0.1) is 11.3 Å². The zero-order chi connectivity index (χ0) is 18.9. The maximum absolute atomic E-state index is 12.4. The van der Waals surface area contributed by atoms with Crippen molar-refractivity contribution < 1.29 is 17.6 Å². The van der Waals surface area contributed by atoms with Crippen molar-refractivity contribution in [3.63, 3.8) is 0 Å². The van der Waals surface area contributed by atoms with Gasteiger partial charge in [0.1, 0.15) is 11.5 Å². The van der Waals surface area contributed by atoms with Crippen molar-refractivity contribution in [3.05, 3.63) is 66.4 Å². The summed E-state index contributed by atoms with van der Waals surface area (Å²) in [5.74, 6) is 1.73. The maximum atomic E-state index is 12.4. The largest absolute Gasteiger partial charge is 0.497 e. The van der Waals surface area contributed by atoms with Gasteiger partial charge < -0.3 is 9.15 Å². The molecule has 2 aromatic heterocycles. The predicted octanol–water partition coefficient (Wildman–Crippen LogP) is 4.04. The molecule has 2 heterocycles. The fraction of sp³-hybridized carbons (Fsp3) is 0.105. The molecule has 27 heavy (non-hydrogen) atoms. The number of methoxy groups -OCH3 is 1. The molecule has 0 atom stereocenters. The van der Waals surface area contributed by atoms with Gasteiger partial charge in [0.25, 0.3) is 0 Å². The molecule has 0 aliphatic carbocycles. The van der Waals surface area contributed by atoms with Gasteiger partial charge in [-0.25, -0.2) is 18.1 Å². The lowest BCUT2D eigenvalue weighted by Crippen LogP contribution is -2.22. The van der Waals surface area contributed by atoms with E-state index in [9.17, 15) is 8.42 Å². The highest BCUT2D eigenvalue weighted by molar-refractivity contribution is 7.89. The van der Waals surface area contributed by atoms with E-state index in [2.05, 4.69) is 9.71 Å². The molecule has 0 unspecified atom stereocenters. The average molecular weight is 400 g/mol. The van der Waals surface area contributed by atoms with Crippen LogP contribution in [0.3, 0.4) is 0 Å². The number of furan rings is 1. The normalized spacial score (nSPS) is 11.7. The molecule has 0 aliphatic heterocycles. The highest BCUT2D eigenvalue weighted by atomic mass is 32.2. The Morgan fingerprint density at radius 2 is 1.85 bits per heavy atom. The summed E-state index contributed by atoms with van der Waals surface area (Å²) >= 11 is 1.53. The molecule has 0 spiro atoms. The van der Waals surface area contributed by atoms with Crippen LogP contribution in [-0.4, -0.2) is 20.5 Å². The zero-order valence-electron chi connectivity index (χ0n) is 14.4. The second-order valence-corrected chi connectivity index (χ2v) is 8.55. The minimum atomic E-state index is -3.64. The monoisotopic (exact) mass is 400 g/mol. The number of benzene rings is 2. The number of hydrogen-bond acceptors (Lipinski definition) is 6. The fourth-order valence-electron chi connectivity index (χ4n) is 2.57. The molecule has 138 valence electrons. The van der Waals surface area contributed by atoms with E-state index in [1.165, 1.54) is 30.6 Å². The second kappa shape index (κ2) is 7.15. The van der Waals surface area contributed by atoms with Crippen molar-refractivity contribution in [2.45, 2.75) is 11.4 Å². The van der Waals surface area contributed by atoms with E-state index in [-0.39, 0.29) is 11.4 Å². The predicted molar refractivity (Wildman–Crippen MR) is 104 cm³/mol. The van der Waals surface area contributed by atoms with E-state index in [0.717, 1.165) is 15.2 Å². The Balaban J connectivity index is 1.48. The number of hydrogen-bond donors (Lipinski definition) is 1. The van der Waals surface area contributed by atoms with Gasteiger partial charge in [-0.3, -0.25) is 0 Å². The fourth-order valence-corrected chi connectivity index (χ4v) is 4.49. The number of thiazole rings is 1. The summed E-state index contributed by atoms with van der Waals surface area (Å²) in [6.45, 7) is 0.0548. The van der Waals surface area contributed by atoms with E-state index in [0.29, 0.717) is 17.3 Å². The molecule has 2 aromatic carbocycles. The molecule has 0 amide bonds. The first-order valence-corrected chi connectivity index (χ1v) is 10.4. The minimum Gasteiger partial charge on any atom is -0.497 e. The number of para-hydroxylation sites is 1. The average Bonchev–Trinajstić information content (AvgIpc) is 3.33. The molecule has 0 fully saturated rings. The molecule has 8 heteroatoms. The van der Waals surface area contributed by atoms with Crippen LogP contribution in [0, 0.1) is 0 Å². The van der Waals surface area contributed by atoms with Gasteiger partial charge in [-0.05, 0) is 48.5 Å². The van der Waals surface area contributed by atoms with Gasteiger partial charge in [0, 0.05) is 0 Å². The molecule has 0 radical (unpaired) electrons. The number of aromatic nitrogens is 1. The van der Waals surface area contributed by atoms with Crippen LogP contribution >= 0.6 is 11.3 Å². The smallest absolute Gasteiger partial charge is 0.240 e. The summed E-state index contributed by atoms with van der Waals surface area (Å²) in [6.07, 6.45) is 0. The third-order valence-electron chi connectivity index (χ3n) is 3.97. The topological polar surface area (TPSA) is 81.4 Å². The number of rotatable bonds is 6. The summed E-state index contributed by atoms with van der Waals surface area (Å²) in [6, 6.07) is 17.6. The summed E-state index contributed by atoms with van der Waals surface area (Å²) in [7, 11) is -2.11. The number of sulfonamides is 1. The summed E-state index contributed by atoms with van der Waals surface area (Å²) < 4.78 is 39.2. The first-order chi connectivity index (χ1) is 13.0. The van der Waals surface area contributed by atoms with Crippen LogP contribution in [0.5, 0.6) is 5.75 Å². The Labute approximate surface area is 160 Å². The van der Waals surface area contributed by atoms with Gasteiger partial charge >= 0.3 is 0 Å². The van der Waals surface area contributed by atoms with Crippen LogP contribution in [0.2, 0.25) is 0 Å². The Hall–Kier alpha value is -2.68. The molecule has 4 aromatic rings. The van der Waals surface area contributed by atoms with Crippen molar-refractivity contribution in [1.29, 1.82) is 0 Å². The lowest BCUT2D eigenvalue weighted by atomic mass is 10.3. The van der Waals surface area contributed by atoms with Gasteiger partial charge in [0.15, 0.2) is 10.8 Å². The van der Waals surface area contributed by atoms with E-state index >= 15 is 0 Å². The highest BCUT2D eigenvalue weighted by Gasteiger charge is 2.16. The summed E-state index contributed by atoms with van der Waals surface area (Å²) in [5.41, 5.74) is 0.913. The number of fused-ring (bicyclic) bond motifs is 1. The molecule has 1 N–H and O–H groups in total. The van der Waals surface area contributed by atoms with Crippen molar-refractivity contribution in [1.82, 2.24) is 9.71 Å². The highest BCUT2D eigenvalue weighted by Crippen LogP contribution is 2.31. The van der Waals surface area contributed by atoms with Crippen molar-refractivity contribution >= 4 is 31.6 Å². The first kappa shape index (κ1) is 17.7. The van der Waals surface area contributed by atoms with Crippen LogP contribution in [0.25, 0.3) is 21.0 Å². The van der Waals surface area contributed by atoms with Crippen LogP contribution in [0.4, 0.5) is 0 Å². The third-order valence-corrected chi connectivity index (χ3v) is 6.44. The van der Waals surface area contributed by atoms with Gasteiger partial charge in [0.05, 0.1) is 28.8 Å². The quantitative estimate of drug-likeness (QED) is 0.528. The lowest BCUT2D eigenvalue weighted by molar-refractivity contribution is 0.414. The van der Waals surface area contributed by atoms with Crippen LogP contribution in [0.1, 0.15) is 5.76 Å². The maximum Gasteiger partial charge on any atom is 0.240 e. The summed E-state index contributed by atoms with van der Waals surface area (Å²) in [4.78, 5) is 4.71. The van der Waals surface area contributed by atoms with E-state index < -0.39 is 10.0 Å². The number of ether oxygens (including phenoxy) is 1. The van der Waals surface area contributed by atoms with Crippen LogP contribution < -0.4 is 9.46 Å². The third kappa shape index (κ3) is 3.73. The summed E-state index contributed by atoms with van der Waals surface area (Å²) in [5, 5.41) is 0.764. The molecule has 0 aliphatic rings. The van der Waals surface area contributed by atoms with Gasteiger partial charge in [0.2, 0.25) is 10.0 Å². The number of nitrogens with one attached hydrogen (secondary N) is 1. The Morgan fingerprint density at radius 3 is 2.59 bits per heavy atom. The molecule has 4 rings (SSSR count). The second-order valence-electron chi connectivity index (χ2n) is 5.75. The molecule has 0 saturated heterocycles. The molecule has 0 saturated carbocycles. The van der Waals surface area contributed by atoms with Crippen LogP contribution in [-0.2, 0) is 16.6 Å². The Bertz CT molecular complexity index is 1140. The standard InChI is InChI=1S/C19H16N2O4S2/c1-24-13-6-9-15(10-7-13)27(22,23)20-12-14-8-11-17(25-14)19-21-16-4-2-3-5-18(16)26-19/h2-11,20H,12H2,1H3. The van der Waals surface area contributed by atoms with E-state index in [1.807, 2.05) is 24.3 Å². The number of nitrogens with zero attached hydrogens (tertiary/aromatic N) is 1. The lowest BCUT2D eigenvalue weighted by Gasteiger charge is -2.06. The Morgan fingerprint density at radius 1 is 1.07 bits per heavy atom. The van der Waals surface area contributed by atoms with Crippen molar-refractivity contribution in [2.24, 2.45) is 0 Å². The van der Waals surface area contributed by atoms with Crippen molar-refractivity contribution in [3.8, 4) is 16.5 Å². The minimum absolute atomic E-state index is 0.0548. The molecule has 0 bridgehead atoms. The van der Waals surface area contributed by atoms with Gasteiger partial charge in [-0.2, -0.15) is 0 Å². The molecular formula is C19H16N2O4S2. The Kier molecular flexibility index (Phi) is 4.69. The zero-order valence-corrected chi connectivity index (χ0v) is 16.0.